The van der Waals surface area contributed by atoms with Gasteiger partial charge in [-0.1, -0.05) is 0 Å². The molecular weight excluding hydrogens is 172 g/mol. The number of aliphatic hydroxyl groups excluding tert-OH is 1. The molecule has 0 unspecified atom stereocenters. The molecule has 1 fully saturated rings. The third kappa shape index (κ3) is 2.57. The summed E-state index contributed by atoms with van der Waals surface area (Å²) in [6, 6.07) is 0. The van der Waals surface area contributed by atoms with E-state index in [0.29, 0.717) is 6.54 Å². The Kier molecular flexibility index (Phi) is 3.11. The fraction of sp³-hybridized carbons (Fsp3) is 0.875. The maximum atomic E-state index is 10.6. The molecule has 0 aromatic rings. The van der Waals surface area contributed by atoms with Gasteiger partial charge in [-0.05, 0) is 14.1 Å². The molecule has 0 aromatic heterocycles. The molecule has 0 saturated carbocycles. The third-order valence-corrected chi connectivity index (χ3v) is 2.28. The van der Waals surface area contributed by atoms with Gasteiger partial charge in [0.2, 0.25) is 0 Å². The summed E-state index contributed by atoms with van der Waals surface area (Å²) in [4.78, 5) is 13.8. The Morgan fingerprint density at radius 2 is 2.15 bits per heavy atom. The maximum Gasteiger partial charge on any atom is 0.407 e. The minimum absolute atomic E-state index is 0.0473. The van der Waals surface area contributed by atoms with Crippen LogP contribution in [0.4, 0.5) is 4.79 Å². The average Bonchev–Trinajstić information content (AvgIpc) is 2.31. The minimum Gasteiger partial charge on any atom is -0.465 e. The second-order valence-electron chi connectivity index (χ2n) is 3.78. The number of amides is 1. The quantitative estimate of drug-likeness (QED) is 0.614. The smallest absolute Gasteiger partial charge is 0.407 e. The molecule has 1 heterocycles. The molecule has 1 amide bonds. The molecule has 2 N–H and O–H groups in total. The number of likely N-dealkylation sites (tertiary alicyclic amines) is 1. The zero-order chi connectivity index (χ0) is 10.0. The fourth-order valence-electron chi connectivity index (χ4n) is 1.66. The number of β-amino-alcohol motifs (C(OH)–C–C–N with tert-alkyl or cyclic N) is 1. The van der Waals surface area contributed by atoms with E-state index in [0.717, 1.165) is 6.54 Å². The third-order valence-electron chi connectivity index (χ3n) is 2.28. The number of hydrogen-bond acceptors (Lipinski definition) is 3. The summed E-state index contributed by atoms with van der Waals surface area (Å²) in [6.07, 6.45) is -1.46. The Hall–Kier alpha value is -0.810. The lowest BCUT2D eigenvalue weighted by atomic mass is 10.1. The number of hydrogen-bond donors (Lipinski definition) is 2. The van der Waals surface area contributed by atoms with E-state index in [1.54, 1.807) is 0 Å². The molecule has 0 bridgehead atoms. The second-order valence-corrected chi connectivity index (χ2v) is 3.78. The second kappa shape index (κ2) is 3.93. The van der Waals surface area contributed by atoms with Crippen LogP contribution >= 0.6 is 0 Å². The van der Waals surface area contributed by atoms with E-state index in [2.05, 4.69) is 0 Å². The molecule has 1 saturated heterocycles. The van der Waals surface area contributed by atoms with Crippen molar-refractivity contribution in [3.05, 3.63) is 0 Å². The SMILES string of the molecule is CN(C)C[C@@H]1CN(C(=O)O)C[C@H]1O. The zero-order valence-electron chi connectivity index (χ0n) is 7.97. The fourth-order valence-corrected chi connectivity index (χ4v) is 1.66. The summed E-state index contributed by atoms with van der Waals surface area (Å²) >= 11 is 0. The van der Waals surface area contributed by atoms with Gasteiger partial charge in [-0.15, -0.1) is 0 Å². The van der Waals surface area contributed by atoms with Crippen molar-refractivity contribution in [2.45, 2.75) is 6.10 Å². The summed E-state index contributed by atoms with van der Waals surface area (Å²) in [5, 5.41) is 18.2. The Morgan fingerprint density at radius 1 is 1.54 bits per heavy atom. The molecule has 0 aromatic carbocycles. The van der Waals surface area contributed by atoms with Gasteiger partial charge in [-0.2, -0.15) is 0 Å². The minimum atomic E-state index is -0.944. The van der Waals surface area contributed by atoms with Crippen LogP contribution in [0.2, 0.25) is 0 Å². The van der Waals surface area contributed by atoms with Crippen molar-refractivity contribution in [1.82, 2.24) is 9.80 Å². The van der Waals surface area contributed by atoms with Gasteiger partial charge in [-0.3, -0.25) is 0 Å². The van der Waals surface area contributed by atoms with Gasteiger partial charge in [0.25, 0.3) is 0 Å². The van der Waals surface area contributed by atoms with Gasteiger partial charge in [0, 0.05) is 19.0 Å². The largest absolute Gasteiger partial charge is 0.465 e. The van der Waals surface area contributed by atoms with Crippen LogP contribution in [0.15, 0.2) is 0 Å². The molecule has 5 nitrogen and oxygen atoms in total. The first-order valence-corrected chi connectivity index (χ1v) is 4.31. The standard InChI is InChI=1S/C8H16N2O3/c1-9(2)3-6-4-10(8(12)13)5-7(6)11/h6-7,11H,3-5H2,1-2H3,(H,12,13)/t6-,7-/m1/s1. The van der Waals surface area contributed by atoms with E-state index in [1.807, 2.05) is 19.0 Å². The van der Waals surface area contributed by atoms with Crippen molar-refractivity contribution in [1.29, 1.82) is 0 Å². The summed E-state index contributed by atoms with van der Waals surface area (Å²) in [5.74, 6) is 0.0473. The molecule has 2 atom stereocenters. The zero-order valence-corrected chi connectivity index (χ0v) is 7.97. The number of rotatable bonds is 2. The molecule has 1 aliphatic rings. The van der Waals surface area contributed by atoms with Crippen molar-refractivity contribution in [3.8, 4) is 0 Å². The van der Waals surface area contributed by atoms with Crippen LogP contribution in [0.3, 0.4) is 0 Å². The first-order valence-electron chi connectivity index (χ1n) is 4.31. The molecule has 1 aliphatic heterocycles. The number of carboxylic acid groups (broad SMARTS) is 1. The van der Waals surface area contributed by atoms with Gasteiger partial charge in [0.05, 0.1) is 12.6 Å². The predicted octanol–water partition coefficient (Wildman–Crippen LogP) is -0.481. The summed E-state index contributed by atoms with van der Waals surface area (Å²) in [6.45, 7) is 1.41. The Balaban J connectivity index is 2.46. The van der Waals surface area contributed by atoms with Crippen molar-refractivity contribution in [2.24, 2.45) is 5.92 Å². The monoisotopic (exact) mass is 188 g/mol. The van der Waals surface area contributed by atoms with E-state index in [-0.39, 0.29) is 12.5 Å². The molecule has 5 heteroatoms. The van der Waals surface area contributed by atoms with Crippen LogP contribution in [0.1, 0.15) is 0 Å². The number of aliphatic hydroxyl groups is 1. The summed E-state index contributed by atoms with van der Waals surface area (Å²) < 4.78 is 0. The van der Waals surface area contributed by atoms with E-state index < -0.39 is 12.2 Å². The van der Waals surface area contributed by atoms with Crippen molar-refractivity contribution in [2.75, 3.05) is 33.7 Å². The molecule has 0 radical (unpaired) electrons. The van der Waals surface area contributed by atoms with Gasteiger partial charge < -0.3 is 20.0 Å². The van der Waals surface area contributed by atoms with E-state index >= 15 is 0 Å². The highest BCUT2D eigenvalue weighted by Gasteiger charge is 2.33. The van der Waals surface area contributed by atoms with Crippen LogP contribution in [0, 0.1) is 5.92 Å². The van der Waals surface area contributed by atoms with Gasteiger partial charge in [-0.25, -0.2) is 4.79 Å². The van der Waals surface area contributed by atoms with Gasteiger partial charge >= 0.3 is 6.09 Å². The molecule has 13 heavy (non-hydrogen) atoms. The maximum absolute atomic E-state index is 10.6. The molecular formula is C8H16N2O3. The Morgan fingerprint density at radius 3 is 2.54 bits per heavy atom. The van der Waals surface area contributed by atoms with Gasteiger partial charge in [0.1, 0.15) is 0 Å². The van der Waals surface area contributed by atoms with Crippen LogP contribution in [-0.2, 0) is 0 Å². The van der Waals surface area contributed by atoms with Crippen molar-refractivity contribution >= 4 is 6.09 Å². The lowest BCUT2D eigenvalue weighted by molar-refractivity contribution is 0.122. The molecule has 76 valence electrons. The Bertz CT molecular complexity index is 196. The summed E-state index contributed by atoms with van der Waals surface area (Å²) in [5.41, 5.74) is 0. The normalized spacial score (nSPS) is 28.5. The summed E-state index contributed by atoms with van der Waals surface area (Å²) in [7, 11) is 3.83. The molecule has 0 aliphatic carbocycles. The van der Waals surface area contributed by atoms with Crippen LogP contribution in [0.5, 0.6) is 0 Å². The van der Waals surface area contributed by atoms with E-state index in [9.17, 15) is 9.90 Å². The average molecular weight is 188 g/mol. The first kappa shape index (κ1) is 10.3. The first-order chi connectivity index (χ1) is 6.00. The highest BCUT2D eigenvalue weighted by atomic mass is 16.4. The van der Waals surface area contributed by atoms with Crippen molar-refractivity contribution < 1.29 is 15.0 Å². The lowest BCUT2D eigenvalue weighted by Gasteiger charge is -2.17. The van der Waals surface area contributed by atoms with Crippen molar-refractivity contribution in [3.63, 3.8) is 0 Å². The lowest BCUT2D eigenvalue weighted by Crippen LogP contribution is -2.30. The van der Waals surface area contributed by atoms with Crippen LogP contribution in [0.25, 0.3) is 0 Å². The highest BCUT2D eigenvalue weighted by Crippen LogP contribution is 2.17. The van der Waals surface area contributed by atoms with Gasteiger partial charge in [0.15, 0.2) is 0 Å². The van der Waals surface area contributed by atoms with E-state index in [4.69, 9.17) is 5.11 Å². The molecule has 1 rings (SSSR count). The number of nitrogens with zero attached hydrogens (tertiary/aromatic N) is 2. The van der Waals surface area contributed by atoms with Crippen LogP contribution < -0.4 is 0 Å². The predicted molar refractivity (Wildman–Crippen MR) is 47.6 cm³/mol. The highest BCUT2D eigenvalue weighted by molar-refractivity contribution is 5.65. The van der Waals surface area contributed by atoms with E-state index in [1.165, 1.54) is 4.90 Å². The Labute approximate surface area is 77.6 Å². The number of carbonyl (C=O) groups is 1. The van der Waals surface area contributed by atoms with Crippen LogP contribution in [-0.4, -0.2) is 65.9 Å². The topological polar surface area (TPSA) is 64.0 Å². The molecule has 0 spiro atoms.